The van der Waals surface area contributed by atoms with Crippen LogP contribution in [-0.4, -0.2) is 48.2 Å². The minimum atomic E-state index is -2.36. The number of aliphatic carboxylic acids is 1. The summed E-state index contributed by atoms with van der Waals surface area (Å²) in [6, 6.07) is 9.41. The molecule has 0 radical (unpaired) electrons. The van der Waals surface area contributed by atoms with E-state index in [-0.39, 0.29) is 33.6 Å². The van der Waals surface area contributed by atoms with Crippen molar-refractivity contribution < 1.29 is 45.0 Å². The molecule has 6 rings (SSSR count). The minimum Gasteiger partial charge on any atom is -0.508 e. The molecule has 3 aromatic rings. The molecule has 0 aromatic heterocycles. The van der Waals surface area contributed by atoms with Gasteiger partial charge in [0.25, 0.3) is 0 Å². The number of carboxylic acids is 1. The van der Waals surface area contributed by atoms with Gasteiger partial charge in [0, 0.05) is 28.8 Å². The highest BCUT2D eigenvalue weighted by atomic mass is 16.4. The topological polar surface area (TPSA) is 173 Å². The van der Waals surface area contributed by atoms with Crippen LogP contribution in [0.1, 0.15) is 32.6 Å². The lowest BCUT2D eigenvalue weighted by Crippen LogP contribution is -2.62. The van der Waals surface area contributed by atoms with Crippen LogP contribution in [0.15, 0.2) is 72.8 Å². The van der Waals surface area contributed by atoms with E-state index in [0.717, 1.165) is 36.4 Å². The van der Waals surface area contributed by atoms with Crippen LogP contribution in [0.2, 0.25) is 0 Å². The predicted octanol–water partition coefficient (Wildman–Crippen LogP) is 2.76. The van der Waals surface area contributed by atoms with Gasteiger partial charge in [0.05, 0.1) is 5.41 Å². The molecule has 3 aliphatic rings. The fourth-order valence-corrected chi connectivity index (χ4v) is 6.71. The van der Waals surface area contributed by atoms with Crippen LogP contribution in [0.5, 0.6) is 28.7 Å². The fourth-order valence-electron chi connectivity index (χ4n) is 6.71. The van der Waals surface area contributed by atoms with Gasteiger partial charge in [-0.15, -0.1) is 0 Å². The van der Waals surface area contributed by atoms with Gasteiger partial charge in [-0.25, -0.2) is 0 Å². The zero-order valence-corrected chi connectivity index (χ0v) is 18.8. The van der Waals surface area contributed by atoms with E-state index in [4.69, 9.17) is 0 Å². The normalized spacial score (nSPS) is 24.2. The van der Waals surface area contributed by atoms with Crippen molar-refractivity contribution in [3.63, 3.8) is 0 Å². The molecular formula is C28H18O9. The quantitative estimate of drug-likeness (QED) is 0.311. The lowest BCUT2D eigenvalue weighted by Gasteiger charge is -2.53. The molecule has 184 valence electrons. The summed E-state index contributed by atoms with van der Waals surface area (Å²) in [5, 5.41) is 64.1. The second kappa shape index (κ2) is 6.79. The van der Waals surface area contributed by atoms with Gasteiger partial charge < -0.3 is 30.6 Å². The average Bonchev–Trinajstić information content (AvgIpc) is 2.99. The smallest absolute Gasteiger partial charge is 0.320 e. The molecule has 2 atom stereocenters. The Morgan fingerprint density at radius 3 is 1.86 bits per heavy atom. The standard InChI is InChI=1S/C28H18O9/c29-14-3-1-13(2-4-14)27-23-19(10-17(32)12-21(23)34)28(25(36)37,26(27)7-5-15(30)6-8-26)22-18(24(27)35)9-16(31)11-20(22)33/h1-12,29,31-34H,(H,36,37). The van der Waals surface area contributed by atoms with Crippen molar-refractivity contribution in [3.8, 4) is 28.7 Å². The van der Waals surface area contributed by atoms with Crippen molar-refractivity contribution in [2.75, 3.05) is 0 Å². The van der Waals surface area contributed by atoms with E-state index in [1.165, 1.54) is 36.4 Å². The summed E-state index contributed by atoms with van der Waals surface area (Å²) in [4.78, 5) is 40.6. The van der Waals surface area contributed by atoms with Gasteiger partial charge in [-0.05, 0) is 47.5 Å². The maximum Gasteiger partial charge on any atom is 0.320 e. The third kappa shape index (κ3) is 2.27. The van der Waals surface area contributed by atoms with E-state index < -0.39 is 56.8 Å². The number of phenols is 5. The van der Waals surface area contributed by atoms with E-state index in [2.05, 4.69) is 0 Å². The van der Waals surface area contributed by atoms with Crippen LogP contribution >= 0.6 is 0 Å². The summed E-state index contributed by atoms with van der Waals surface area (Å²) < 4.78 is 0. The summed E-state index contributed by atoms with van der Waals surface area (Å²) in [6.45, 7) is 0. The summed E-state index contributed by atoms with van der Waals surface area (Å²) in [6.07, 6.45) is 4.79. The molecule has 2 bridgehead atoms. The van der Waals surface area contributed by atoms with E-state index in [0.29, 0.717) is 0 Å². The number of phenolic OH excluding ortho intramolecular Hbond substituents is 5. The maximum atomic E-state index is 14.7. The van der Waals surface area contributed by atoms with Crippen LogP contribution in [0, 0.1) is 5.41 Å². The third-order valence-corrected chi connectivity index (χ3v) is 7.83. The van der Waals surface area contributed by atoms with E-state index in [1.54, 1.807) is 0 Å². The molecule has 9 nitrogen and oxygen atoms in total. The summed E-state index contributed by atoms with van der Waals surface area (Å²) in [5.41, 5.74) is -7.21. The van der Waals surface area contributed by atoms with Gasteiger partial charge >= 0.3 is 5.97 Å². The van der Waals surface area contributed by atoms with Crippen molar-refractivity contribution in [1.82, 2.24) is 0 Å². The molecule has 6 N–H and O–H groups in total. The van der Waals surface area contributed by atoms with Gasteiger partial charge in [-0.2, -0.15) is 0 Å². The Morgan fingerprint density at radius 2 is 1.27 bits per heavy atom. The molecule has 0 saturated heterocycles. The van der Waals surface area contributed by atoms with E-state index in [1.807, 2.05) is 0 Å². The Morgan fingerprint density at radius 1 is 0.703 bits per heavy atom. The minimum absolute atomic E-state index is 0.143. The van der Waals surface area contributed by atoms with Crippen LogP contribution in [0.25, 0.3) is 0 Å². The van der Waals surface area contributed by atoms with E-state index in [9.17, 15) is 45.0 Å². The molecule has 0 fully saturated rings. The largest absolute Gasteiger partial charge is 0.508 e. The van der Waals surface area contributed by atoms with Crippen LogP contribution in [0.4, 0.5) is 0 Å². The number of allylic oxidation sites excluding steroid dienone is 4. The number of rotatable bonds is 2. The van der Waals surface area contributed by atoms with Crippen LogP contribution in [-0.2, 0) is 20.4 Å². The molecule has 0 heterocycles. The molecular weight excluding hydrogens is 480 g/mol. The number of hydrogen-bond donors (Lipinski definition) is 6. The first-order valence-corrected chi connectivity index (χ1v) is 11.2. The number of Topliss-reactive ketones (excluding diaryl/α,β-unsaturated/α-hetero) is 1. The number of hydrogen-bond acceptors (Lipinski definition) is 8. The lowest BCUT2D eigenvalue weighted by molar-refractivity contribution is -0.145. The lowest BCUT2D eigenvalue weighted by atomic mass is 9.44. The molecule has 0 aliphatic heterocycles. The SMILES string of the molecule is O=C1C=CC2(C=C1)C1(c3ccc(O)cc3)C(=O)c3cc(O)cc(O)c3C2(C(=O)O)c2cc(O)cc(O)c21. The van der Waals surface area contributed by atoms with Gasteiger partial charge in [-0.3, -0.25) is 14.4 Å². The zero-order valence-electron chi connectivity index (χ0n) is 18.8. The first-order chi connectivity index (χ1) is 17.5. The molecule has 3 aliphatic carbocycles. The number of ketones is 2. The summed E-state index contributed by atoms with van der Waals surface area (Å²) >= 11 is 0. The number of carbonyl (C=O) groups excluding carboxylic acids is 2. The van der Waals surface area contributed by atoms with Crippen molar-refractivity contribution in [1.29, 1.82) is 0 Å². The van der Waals surface area contributed by atoms with Crippen LogP contribution < -0.4 is 0 Å². The molecule has 0 saturated carbocycles. The number of carbonyl (C=O) groups is 3. The van der Waals surface area contributed by atoms with Crippen LogP contribution in [0.3, 0.4) is 0 Å². The molecule has 37 heavy (non-hydrogen) atoms. The first-order valence-electron chi connectivity index (χ1n) is 11.2. The van der Waals surface area contributed by atoms with E-state index >= 15 is 0 Å². The first kappa shape index (κ1) is 22.4. The third-order valence-electron chi connectivity index (χ3n) is 7.83. The average molecular weight is 498 g/mol. The molecule has 9 heteroatoms. The Labute approximate surface area is 208 Å². The van der Waals surface area contributed by atoms with Gasteiger partial charge in [0.2, 0.25) is 0 Å². The van der Waals surface area contributed by atoms with Crippen molar-refractivity contribution in [2.45, 2.75) is 10.8 Å². The highest BCUT2D eigenvalue weighted by Gasteiger charge is 2.80. The van der Waals surface area contributed by atoms with Crippen molar-refractivity contribution >= 4 is 17.5 Å². The fraction of sp³-hybridized carbons (Fsp3) is 0.107. The maximum absolute atomic E-state index is 14.7. The number of carboxylic acid groups (broad SMARTS) is 1. The van der Waals surface area contributed by atoms with Gasteiger partial charge in [-0.1, -0.05) is 24.3 Å². The number of aromatic hydroxyl groups is 5. The Balaban J connectivity index is 1.98. The van der Waals surface area contributed by atoms with Gasteiger partial charge in [0.15, 0.2) is 11.6 Å². The second-order valence-corrected chi connectivity index (χ2v) is 9.39. The number of benzene rings is 3. The summed E-state index contributed by atoms with van der Waals surface area (Å²) in [5.74, 6) is -5.22. The summed E-state index contributed by atoms with van der Waals surface area (Å²) in [7, 11) is 0. The van der Waals surface area contributed by atoms with Crippen molar-refractivity contribution in [3.05, 3.63) is 101 Å². The molecule has 0 amide bonds. The Hall–Kier alpha value is -5.05. The Bertz CT molecular complexity index is 1630. The molecule has 2 unspecified atom stereocenters. The monoisotopic (exact) mass is 498 g/mol. The number of fused-ring (bicyclic) bond motifs is 5. The van der Waals surface area contributed by atoms with Gasteiger partial charge in [0.1, 0.15) is 39.6 Å². The molecule has 1 spiro atoms. The molecule has 3 aromatic carbocycles. The highest BCUT2D eigenvalue weighted by molar-refractivity contribution is 6.19. The highest BCUT2D eigenvalue weighted by Crippen LogP contribution is 2.75. The Kier molecular flexibility index (Phi) is 4.11. The predicted molar refractivity (Wildman–Crippen MR) is 127 cm³/mol. The van der Waals surface area contributed by atoms with Crippen molar-refractivity contribution in [2.24, 2.45) is 5.41 Å². The second-order valence-electron chi connectivity index (χ2n) is 9.39. The zero-order chi connectivity index (χ0) is 26.5.